The Morgan fingerprint density at radius 1 is 1.05 bits per heavy atom. The van der Waals surface area contributed by atoms with E-state index in [2.05, 4.69) is 56.4 Å². The van der Waals surface area contributed by atoms with Crippen molar-refractivity contribution in [2.24, 2.45) is 5.92 Å². The van der Waals surface area contributed by atoms with E-state index in [1.54, 1.807) is 5.56 Å². The smallest absolute Gasteiger partial charge is 0.0189 e. The first kappa shape index (κ1) is 15.6. The van der Waals surface area contributed by atoms with Gasteiger partial charge in [-0.05, 0) is 30.9 Å². The summed E-state index contributed by atoms with van der Waals surface area (Å²) in [6.07, 6.45) is 8.12. The first-order valence-electron chi connectivity index (χ1n) is 8.53. The van der Waals surface area contributed by atoms with Crippen LogP contribution >= 0.6 is 0 Å². The molecule has 1 N–H and O–H groups in total. The number of hydrogen-bond donors (Lipinski definition) is 1. The Kier molecular flexibility index (Phi) is 5.65. The van der Waals surface area contributed by atoms with Crippen LogP contribution in [0.1, 0.15) is 64.9 Å². The zero-order chi connectivity index (χ0) is 14.4. The molecule has 0 bridgehead atoms. The van der Waals surface area contributed by atoms with Crippen molar-refractivity contribution in [3.63, 3.8) is 0 Å². The Morgan fingerprint density at radius 2 is 1.70 bits per heavy atom. The van der Waals surface area contributed by atoms with E-state index in [1.165, 1.54) is 38.5 Å². The summed E-state index contributed by atoms with van der Waals surface area (Å²) >= 11 is 0. The topological polar surface area (TPSA) is 12.0 Å². The average Bonchev–Trinajstić information content (AvgIpc) is 2.53. The number of rotatable bonds is 6. The maximum absolute atomic E-state index is 3.84. The van der Waals surface area contributed by atoms with Crippen LogP contribution in [0.15, 0.2) is 30.3 Å². The minimum atomic E-state index is 0.352. The summed E-state index contributed by atoms with van der Waals surface area (Å²) < 4.78 is 0. The molecule has 1 fully saturated rings. The third-order valence-corrected chi connectivity index (χ3v) is 5.33. The second-order valence-electron chi connectivity index (χ2n) is 6.50. The van der Waals surface area contributed by atoms with Crippen molar-refractivity contribution in [1.29, 1.82) is 0 Å². The Bertz CT molecular complexity index is 378. The van der Waals surface area contributed by atoms with Gasteiger partial charge in [0.2, 0.25) is 0 Å². The van der Waals surface area contributed by atoms with E-state index in [0.717, 1.165) is 12.5 Å². The second-order valence-corrected chi connectivity index (χ2v) is 6.50. The third-order valence-electron chi connectivity index (χ3n) is 5.33. The van der Waals surface area contributed by atoms with Crippen LogP contribution in [0.2, 0.25) is 0 Å². The van der Waals surface area contributed by atoms with Gasteiger partial charge in [-0.15, -0.1) is 0 Å². The van der Waals surface area contributed by atoms with Gasteiger partial charge in [0.05, 0.1) is 0 Å². The molecule has 1 aromatic rings. The molecule has 1 heteroatoms. The van der Waals surface area contributed by atoms with Crippen LogP contribution in [0.4, 0.5) is 0 Å². The predicted molar refractivity (Wildman–Crippen MR) is 88.1 cm³/mol. The van der Waals surface area contributed by atoms with Crippen molar-refractivity contribution in [1.82, 2.24) is 5.32 Å². The molecule has 2 rings (SSSR count). The molecule has 0 aliphatic heterocycles. The molecule has 1 aliphatic carbocycles. The molecule has 112 valence electrons. The number of benzene rings is 1. The summed E-state index contributed by atoms with van der Waals surface area (Å²) in [6.45, 7) is 8.07. The molecule has 20 heavy (non-hydrogen) atoms. The molecule has 1 nitrogen and oxygen atoms in total. The second kappa shape index (κ2) is 7.26. The summed E-state index contributed by atoms with van der Waals surface area (Å²) in [5, 5.41) is 3.84. The van der Waals surface area contributed by atoms with Gasteiger partial charge in [-0.3, -0.25) is 0 Å². The lowest BCUT2D eigenvalue weighted by molar-refractivity contribution is 0.166. The molecule has 2 unspecified atom stereocenters. The molecular formula is C19H31N. The first-order valence-corrected chi connectivity index (χ1v) is 8.53. The SMILES string of the molecule is CCNC(C(C)CC)C1(c2ccccc2)CCCCC1. The fourth-order valence-electron chi connectivity index (χ4n) is 4.13. The molecule has 2 atom stereocenters. The van der Waals surface area contributed by atoms with Crippen LogP contribution in [0.3, 0.4) is 0 Å². The van der Waals surface area contributed by atoms with Gasteiger partial charge in [-0.1, -0.05) is 76.8 Å². The van der Waals surface area contributed by atoms with Crippen molar-refractivity contribution in [3.8, 4) is 0 Å². The van der Waals surface area contributed by atoms with Gasteiger partial charge in [0.1, 0.15) is 0 Å². The van der Waals surface area contributed by atoms with Gasteiger partial charge in [0, 0.05) is 11.5 Å². The highest BCUT2D eigenvalue weighted by molar-refractivity contribution is 5.29. The van der Waals surface area contributed by atoms with Crippen LogP contribution in [0.25, 0.3) is 0 Å². The molecule has 0 spiro atoms. The summed E-state index contributed by atoms with van der Waals surface area (Å²) in [6, 6.07) is 11.9. The van der Waals surface area contributed by atoms with E-state index in [4.69, 9.17) is 0 Å². The van der Waals surface area contributed by atoms with E-state index in [9.17, 15) is 0 Å². The Labute approximate surface area is 125 Å². The molecule has 1 aliphatic rings. The third kappa shape index (κ3) is 3.09. The zero-order valence-electron chi connectivity index (χ0n) is 13.5. The maximum atomic E-state index is 3.84. The predicted octanol–water partition coefficient (Wildman–Crippen LogP) is 4.91. The lowest BCUT2D eigenvalue weighted by Gasteiger charge is -2.47. The molecule has 0 saturated heterocycles. The minimum Gasteiger partial charge on any atom is -0.313 e. The van der Waals surface area contributed by atoms with E-state index in [-0.39, 0.29) is 0 Å². The zero-order valence-corrected chi connectivity index (χ0v) is 13.5. The minimum absolute atomic E-state index is 0.352. The van der Waals surface area contributed by atoms with Crippen LogP contribution in [0.5, 0.6) is 0 Å². The summed E-state index contributed by atoms with van der Waals surface area (Å²) in [5.74, 6) is 0.730. The van der Waals surface area contributed by atoms with E-state index in [1.807, 2.05) is 0 Å². The number of nitrogens with one attached hydrogen (secondary N) is 1. The maximum Gasteiger partial charge on any atom is 0.0189 e. The Hall–Kier alpha value is -0.820. The van der Waals surface area contributed by atoms with Crippen molar-refractivity contribution < 1.29 is 0 Å². The normalized spacial score (nSPS) is 21.4. The molecule has 0 radical (unpaired) electrons. The largest absolute Gasteiger partial charge is 0.313 e. The van der Waals surface area contributed by atoms with Gasteiger partial charge in [-0.2, -0.15) is 0 Å². The molecule has 0 amide bonds. The summed E-state index contributed by atoms with van der Waals surface area (Å²) in [5.41, 5.74) is 1.91. The van der Waals surface area contributed by atoms with Crippen molar-refractivity contribution >= 4 is 0 Å². The highest BCUT2D eigenvalue weighted by Gasteiger charge is 2.42. The molecule has 1 aromatic carbocycles. The van der Waals surface area contributed by atoms with E-state index >= 15 is 0 Å². The van der Waals surface area contributed by atoms with E-state index < -0.39 is 0 Å². The average molecular weight is 273 g/mol. The van der Waals surface area contributed by atoms with Gasteiger partial charge in [0.25, 0.3) is 0 Å². The summed E-state index contributed by atoms with van der Waals surface area (Å²) in [4.78, 5) is 0. The highest BCUT2D eigenvalue weighted by atomic mass is 14.9. The monoisotopic (exact) mass is 273 g/mol. The standard InChI is InChI=1S/C19H31N/c1-4-16(3)18(20-5-2)19(14-10-7-11-15-19)17-12-8-6-9-13-17/h6,8-9,12-13,16,18,20H,4-5,7,10-11,14-15H2,1-3H3. The highest BCUT2D eigenvalue weighted by Crippen LogP contribution is 2.44. The molecule has 1 saturated carbocycles. The van der Waals surface area contributed by atoms with Gasteiger partial charge in [-0.25, -0.2) is 0 Å². The van der Waals surface area contributed by atoms with Crippen molar-refractivity contribution in [3.05, 3.63) is 35.9 Å². The number of hydrogen-bond acceptors (Lipinski definition) is 1. The molecule has 0 aromatic heterocycles. The van der Waals surface area contributed by atoms with Crippen LogP contribution < -0.4 is 5.32 Å². The first-order chi connectivity index (χ1) is 9.74. The fourth-order valence-corrected chi connectivity index (χ4v) is 4.13. The fraction of sp³-hybridized carbons (Fsp3) is 0.684. The van der Waals surface area contributed by atoms with Crippen molar-refractivity contribution in [2.45, 2.75) is 70.8 Å². The quantitative estimate of drug-likeness (QED) is 0.776. The lowest BCUT2D eigenvalue weighted by Crippen LogP contribution is -2.53. The Balaban J connectivity index is 2.39. The summed E-state index contributed by atoms with van der Waals surface area (Å²) in [7, 11) is 0. The lowest BCUT2D eigenvalue weighted by atomic mass is 9.62. The van der Waals surface area contributed by atoms with Gasteiger partial charge < -0.3 is 5.32 Å². The van der Waals surface area contributed by atoms with Crippen LogP contribution in [-0.4, -0.2) is 12.6 Å². The van der Waals surface area contributed by atoms with Gasteiger partial charge in [0.15, 0.2) is 0 Å². The van der Waals surface area contributed by atoms with E-state index in [0.29, 0.717) is 11.5 Å². The van der Waals surface area contributed by atoms with Crippen LogP contribution in [0, 0.1) is 5.92 Å². The molecule has 0 heterocycles. The Morgan fingerprint density at radius 3 is 2.25 bits per heavy atom. The van der Waals surface area contributed by atoms with Crippen LogP contribution in [-0.2, 0) is 5.41 Å². The number of likely N-dealkylation sites (N-methyl/N-ethyl adjacent to an activating group) is 1. The van der Waals surface area contributed by atoms with Gasteiger partial charge >= 0.3 is 0 Å². The molecular weight excluding hydrogens is 242 g/mol. The van der Waals surface area contributed by atoms with Crippen molar-refractivity contribution in [2.75, 3.05) is 6.54 Å².